The molecule has 0 aliphatic heterocycles. The number of furan rings is 1. The van der Waals surface area contributed by atoms with Crippen LogP contribution in [0, 0.1) is 0 Å². The molecule has 71 heavy (non-hydrogen) atoms. The van der Waals surface area contributed by atoms with Gasteiger partial charge in [0.15, 0.2) is 0 Å². The van der Waals surface area contributed by atoms with E-state index in [-0.39, 0.29) is 0 Å². The number of nitrogens with zero attached hydrogens (tertiary/aromatic N) is 2. The smallest absolute Gasteiger partial charge is 0.135 e. The van der Waals surface area contributed by atoms with E-state index >= 15 is 0 Å². The number of benzene rings is 12. The second-order valence-corrected chi connectivity index (χ2v) is 18.0. The quantitative estimate of drug-likeness (QED) is 0.136. The van der Waals surface area contributed by atoms with Crippen molar-refractivity contribution in [1.82, 2.24) is 0 Å². The van der Waals surface area contributed by atoms with E-state index in [1.807, 2.05) is 0 Å². The number of fused-ring (bicyclic) bond motifs is 5. The third kappa shape index (κ3) is 7.67. The van der Waals surface area contributed by atoms with Gasteiger partial charge in [-0.1, -0.05) is 194 Å². The Kier molecular flexibility index (Phi) is 10.5. The van der Waals surface area contributed by atoms with Crippen LogP contribution in [0.15, 0.2) is 283 Å². The molecule has 334 valence electrons. The number of hydrogen-bond donors (Lipinski definition) is 0. The van der Waals surface area contributed by atoms with Gasteiger partial charge in [-0.05, 0) is 140 Å². The molecule has 0 saturated heterocycles. The predicted octanol–water partition coefficient (Wildman–Crippen LogP) is 19.5. The maximum atomic E-state index is 6.46. The van der Waals surface area contributed by atoms with Crippen LogP contribution in [0.5, 0.6) is 0 Å². The summed E-state index contributed by atoms with van der Waals surface area (Å²) < 4.78 is 6.46. The molecule has 0 fully saturated rings. The fraction of sp³-hybridized carbons (Fsp3) is 0. The van der Waals surface area contributed by atoms with Crippen LogP contribution >= 0.6 is 0 Å². The summed E-state index contributed by atoms with van der Waals surface area (Å²) >= 11 is 0. The Labute approximate surface area is 413 Å². The average molecular weight is 907 g/mol. The lowest BCUT2D eigenvalue weighted by Gasteiger charge is -2.27. The van der Waals surface area contributed by atoms with E-state index in [9.17, 15) is 0 Å². The lowest BCUT2D eigenvalue weighted by Crippen LogP contribution is -2.10. The topological polar surface area (TPSA) is 19.6 Å². The van der Waals surface area contributed by atoms with Gasteiger partial charge >= 0.3 is 0 Å². The summed E-state index contributed by atoms with van der Waals surface area (Å²) in [5.74, 6) is 0. The van der Waals surface area contributed by atoms with Crippen LogP contribution in [-0.2, 0) is 0 Å². The highest BCUT2D eigenvalue weighted by atomic mass is 16.3. The maximum Gasteiger partial charge on any atom is 0.135 e. The van der Waals surface area contributed by atoms with Crippen LogP contribution < -0.4 is 9.80 Å². The van der Waals surface area contributed by atoms with Gasteiger partial charge in [-0.3, -0.25) is 0 Å². The number of anilines is 6. The normalized spacial score (nSPS) is 11.4. The molecule has 1 heterocycles. The van der Waals surface area contributed by atoms with Crippen molar-refractivity contribution in [2.45, 2.75) is 0 Å². The third-order valence-corrected chi connectivity index (χ3v) is 13.9. The average Bonchev–Trinajstić information content (AvgIpc) is 3.82. The Bertz CT molecular complexity index is 3750. The molecule has 0 spiro atoms. The van der Waals surface area contributed by atoms with Crippen LogP contribution in [0.25, 0.3) is 88.0 Å². The molecule has 1 aromatic heterocycles. The minimum Gasteiger partial charge on any atom is -0.456 e. The van der Waals surface area contributed by atoms with E-state index in [0.717, 1.165) is 78.3 Å². The van der Waals surface area contributed by atoms with Gasteiger partial charge in [0.1, 0.15) is 11.2 Å². The Morgan fingerprint density at radius 3 is 0.930 bits per heavy atom. The first kappa shape index (κ1) is 41.7. The van der Waals surface area contributed by atoms with E-state index in [1.54, 1.807) is 0 Å². The molecule has 0 bridgehead atoms. The van der Waals surface area contributed by atoms with Crippen molar-refractivity contribution in [3.8, 4) is 44.5 Å². The molecule has 0 aliphatic rings. The van der Waals surface area contributed by atoms with Gasteiger partial charge in [0.2, 0.25) is 0 Å². The van der Waals surface area contributed by atoms with Crippen LogP contribution in [0.2, 0.25) is 0 Å². The minimum atomic E-state index is 0.873. The summed E-state index contributed by atoms with van der Waals surface area (Å²) in [5.41, 5.74) is 17.8. The third-order valence-electron chi connectivity index (χ3n) is 13.9. The molecule has 13 aromatic rings. The standard InChI is InChI=1S/C68H46N2O/c1-5-17-49(18-6-1)57-39-41-65(61-27-15-13-25-59(57)61)69(53-21-9-3-10-22-53)55-35-29-47(30-36-55)51-33-43-67-63(45-51)64-46-52(34-44-68(64)71-67)48-31-37-56(38-32-48)70(54-23-11-4-12-24-54)66-42-40-58(50-19-7-2-8-20-50)60-26-14-16-28-62(60)66/h1-46H. The molecule has 0 N–H and O–H groups in total. The number of para-hydroxylation sites is 2. The fourth-order valence-electron chi connectivity index (χ4n) is 10.4. The first-order valence-corrected chi connectivity index (χ1v) is 24.2. The van der Waals surface area contributed by atoms with E-state index in [0.29, 0.717) is 0 Å². The zero-order chi connectivity index (χ0) is 47.1. The number of rotatable bonds is 10. The molecule has 0 atom stereocenters. The molecular weight excluding hydrogens is 861 g/mol. The van der Waals surface area contributed by atoms with Gasteiger partial charge in [-0.25, -0.2) is 0 Å². The Morgan fingerprint density at radius 2 is 0.535 bits per heavy atom. The lowest BCUT2D eigenvalue weighted by atomic mass is 9.96. The SMILES string of the molecule is c1ccc(-c2ccc(N(c3ccccc3)c3ccc(-c4ccc5oc6ccc(-c7ccc(N(c8ccccc8)c8ccc(-c9ccccc9)c9ccccc89)cc7)cc6c5c4)cc3)c3ccccc23)cc1. The monoisotopic (exact) mass is 906 g/mol. The molecule has 13 rings (SSSR count). The molecule has 12 aromatic carbocycles. The molecule has 3 heteroatoms. The van der Waals surface area contributed by atoms with Crippen molar-refractivity contribution in [3.05, 3.63) is 279 Å². The van der Waals surface area contributed by atoms with Crippen molar-refractivity contribution >= 4 is 77.6 Å². The van der Waals surface area contributed by atoms with E-state index in [4.69, 9.17) is 4.42 Å². The summed E-state index contributed by atoms with van der Waals surface area (Å²) in [7, 11) is 0. The summed E-state index contributed by atoms with van der Waals surface area (Å²) in [6.07, 6.45) is 0. The lowest BCUT2D eigenvalue weighted by molar-refractivity contribution is 0.669. The van der Waals surface area contributed by atoms with Gasteiger partial charge in [0.25, 0.3) is 0 Å². The minimum absolute atomic E-state index is 0.873. The molecule has 3 nitrogen and oxygen atoms in total. The molecule has 0 aliphatic carbocycles. The van der Waals surface area contributed by atoms with E-state index in [2.05, 4.69) is 289 Å². The van der Waals surface area contributed by atoms with Gasteiger partial charge in [-0.15, -0.1) is 0 Å². The van der Waals surface area contributed by atoms with Crippen LogP contribution in [0.3, 0.4) is 0 Å². The molecular formula is C68H46N2O. The highest BCUT2D eigenvalue weighted by Crippen LogP contribution is 2.45. The van der Waals surface area contributed by atoms with Crippen molar-refractivity contribution in [2.75, 3.05) is 9.80 Å². The second-order valence-electron chi connectivity index (χ2n) is 18.0. The van der Waals surface area contributed by atoms with Crippen LogP contribution in [-0.4, -0.2) is 0 Å². The zero-order valence-corrected chi connectivity index (χ0v) is 38.9. The van der Waals surface area contributed by atoms with Gasteiger partial charge < -0.3 is 14.2 Å². The van der Waals surface area contributed by atoms with Crippen molar-refractivity contribution in [3.63, 3.8) is 0 Å². The maximum absolute atomic E-state index is 6.46. The Morgan fingerprint density at radius 1 is 0.211 bits per heavy atom. The van der Waals surface area contributed by atoms with Gasteiger partial charge in [-0.2, -0.15) is 0 Å². The summed E-state index contributed by atoms with van der Waals surface area (Å²) in [5, 5.41) is 7.02. The molecule has 0 amide bonds. The van der Waals surface area contributed by atoms with E-state index < -0.39 is 0 Å². The predicted molar refractivity (Wildman–Crippen MR) is 300 cm³/mol. The Hall–Kier alpha value is -9.44. The number of hydrogen-bond acceptors (Lipinski definition) is 3. The van der Waals surface area contributed by atoms with Gasteiger partial charge in [0.05, 0.1) is 11.4 Å². The summed E-state index contributed by atoms with van der Waals surface area (Å²) in [6.45, 7) is 0. The summed E-state index contributed by atoms with van der Waals surface area (Å²) in [4.78, 5) is 4.73. The first-order valence-electron chi connectivity index (χ1n) is 24.2. The molecule has 0 unspecified atom stereocenters. The fourth-order valence-corrected chi connectivity index (χ4v) is 10.4. The van der Waals surface area contributed by atoms with E-state index in [1.165, 1.54) is 43.8 Å². The van der Waals surface area contributed by atoms with Crippen molar-refractivity contribution in [2.24, 2.45) is 0 Å². The largest absolute Gasteiger partial charge is 0.456 e. The highest BCUT2D eigenvalue weighted by Gasteiger charge is 2.20. The first-order chi connectivity index (χ1) is 35.2. The Balaban J connectivity index is 0.834. The zero-order valence-electron chi connectivity index (χ0n) is 38.9. The second kappa shape index (κ2) is 17.9. The molecule has 0 saturated carbocycles. The van der Waals surface area contributed by atoms with Crippen LogP contribution in [0.1, 0.15) is 0 Å². The molecule has 0 radical (unpaired) electrons. The van der Waals surface area contributed by atoms with Crippen molar-refractivity contribution in [1.29, 1.82) is 0 Å². The van der Waals surface area contributed by atoms with Crippen LogP contribution in [0.4, 0.5) is 34.1 Å². The highest BCUT2D eigenvalue weighted by molar-refractivity contribution is 6.09. The van der Waals surface area contributed by atoms with Gasteiger partial charge in [0, 0.05) is 44.3 Å². The summed E-state index contributed by atoms with van der Waals surface area (Å²) in [6, 6.07) is 100. The van der Waals surface area contributed by atoms with Crippen molar-refractivity contribution < 1.29 is 4.42 Å².